The number of hydrogen-bond acceptors (Lipinski definition) is 7. The van der Waals surface area contributed by atoms with E-state index in [9.17, 15) is 19.2 Å². The molecule has 2 N–H and O–H groups in total. The summed E-state index contributed by atoms with van der Waals surface area (Å²) in [6, 6.07) is 8.50. The lowest BCUT2D eigenvalue weighted by molar-refractivity contribution is -0.146. The van der Waals surface area contributed by atoms with Crippen molar-refractivity contribution >= 4 is 23.9 Å². The number of carbonyl (C=O) groups is 4. The topological polar surface area (TPSA) is 120 Å². The first-order chi connectivity index (χ1) is 14.5. The second-order valence-corrected chi connectivity index (χ2v) is 6.56. The molecule has 1 atom stereocenters. The van der Waals surface area contributed by atoms with Crippen molar-refractivity contribution in [1.82, 2.24) is 10.6 Å². The van der Waals surface area contributed by atoms with Crippen molar-refractivity contribution in [3.05, 3.63) is 35.9 Å². The van der Waals surface area contributed by atoms with E-state index in [0.29, 0.717) is 19.4 Å². The summed E-state index contributed by atoms with van der Waals surface area (Å²) in [4.78, 5) is 46.6. The molecular formula is C21H30N2O7. The Balaban J connectivity index is 2.15. The predicted octanol–water partition coefficient (Wildman–Crippen LogP) is 2.08. The van der Waals surface area contributed by atoms with Crippen molar-refractivity contribution < 1.29 is 33.4 Å². The molecule has 9 nitrogen and oxygen atoms in total. The van der Waals surface area contributed by atoms with Gasteiger partial charge in [0.2, 0.25) is 5.91 Å². The summed E-state index contributed by atoms with van der Waals surface area (Å²) in [5.74, 6) is -1.37. The van der Waals surface area contributed by atoms with Crippen molar-refractivity contribution in [2.45, 2.75) is 51.2 Å². The summed E-state index contributed by atoms with van der Waals surface area (Å²) < 4.78 is 14.3. The molecule has 0 aliphatic heterocycles. The Bertz CT molecular complexity index is 679. The molecule has 166 valence electrons. The zero-order chi connectivity index (χ0) is 22.2. The summed E-state index contributed by atoms with van der Waals surface area (Å²) >= 11 is 0. The number of nitrogens with one attached hydrogen (secondary N) is 2. The predicted molar refractivity (Wildman–Crippen MR) is 108 cm³/mol. The second-order valence-electron chi connectivity index (χ2n) is 6.56. The SMILES string of the molecule is COC(=O)CC[C@@H](NC(=O)CCCCCNC(=O)OCc1ccccc1)C(=O)OC. The van der Waals surface area contributed by atoms with Gasteiger partial charge in [-0.3, -0.25) is 9.59 Å². The van der Waals surface area contributed by atoms with Gasteiger partial charge in [-0.05, 0) is 24.8 Å². The summed E-state index contributed by atoms with van der Waals surface area (Å²) in [5.41, 5.74) is 0.913. The molecule has 0 saturated carbocycles. The summed E-state index contributed by atoms with van der Waals surface area (Å²) in [7, 11) is 2.48. The maximum Gasteiger partial charge on any atom is 0.407 e. The van der Waals surface area contributed by atoms with Gasteiger partial charge in [0, 0.05) is 19.4 Å². The average molecular weight is 422 g/mol. The zero-order valence-corrected chi connectivity index (χ0v) is 17.5. The van der Waals surface area contributed by atoms with E-state index in [2.05, 4.69) is 20.1 Å². The van der Waals surface area contributed by atoms with Crippen LogP contribution in [0.1, 0.15) is 44.1 Å². The molecule has 0 aliphatic carbocycles. The highest BCUT2D eigenvalue weighted by Gasteiger charge is 2.22. The van der Waals surface area contributed by atoms with E-state index in [0.717, 1.165) is 12.0 Å². The lowest BCUT2D eigenvalue weighted by Gasteiger charge is -2.16. The first kappa shape index (κ1) is 24.9. The van der Waals surface area contributed by atoms with Gasteiger partial charge in [-0.25, -0.2) is 9.59 Å². The van der Waals surface area contributed by atoms with Gasteiger partial charge in [0.15, 0.2) is 0 Å². The van der Waals surface area contributed by atoms with E-state index in [1.807, 2.05) is 30.3 Å². The van der Waals surface area contributed by atoms with E-state index in [-0.39, 0.29) is 31.8 Å². The maximum absolute atomic E-state index is 12.0. The van der Waals surface area contributed by atoms with E-state index in [1.165, 1.54) is 14.2 Å². The van der Waals surface area contributed by atoms with Gasteiger partial charge in [-0.2, -0.15) is 0 Å². The molecule has 0 saturated heterocycles. The van der Waals surface area contributed by atoms with E-state index >= 15 is 0 Å². The highest BCUT2D eigenvalue weighted by molar-refractivity contribution is 5.84. The third-order valence-electron chi connectivity index (χ3n) is 4.25. The highest BCUT2D eigenvalue weighted by Crippen LogP contribution is 2.05. The van der Waals surface area contributed by atoms with Gasteiger partial charge >= 0.3 is 18.0 Å². The molecule has 9 heteroatoms. The van der Waals surface area contributed by atoms with Gasteiger partial charge in [-0.15, -0.1) is 0 Å². The Morgan fingerprint density at radius 1 is 0.933 bits per heavy atom. The molecule has 0 heterocycles. The number of methoxy groups -OCH3 is 2. The Morgan fingerprint density at radius 2 is 1.67 bits per heavy atom. The molecular weight excluding hydrogens is 392 g/mol. The molecule has 0 unspecified atom stereocenters. The summed E-state index contributed by atoms with van der Waals surface area (Å²) in [6.45, 7) is 0.656. The standard InChI is InChI=1S/C21H30N2O7/c1-28-19(25)13-12-17(20(26)29-2)23-18(24)11-7-4-8-14-22-21(27)30-15-16-9-5-3-6-10-16/h3,5-6,9-10,17H,4,7-8,11-15H2,1-2H3,(H,22,27)(H,23,24)/t17-/m1/s1. The van der Waals surface area contributed by atoms with Crippen LogP contribution in [0.15, 0.2) is 30.3 Å². The fourth-order valence-corrected chi connectivity index (χ4v) is 2.57. The fourth-order valence-electron chi connectivity index (χ4n) is 2.57. The minimum atomic E-state index is -0.886. The van der Waals surface area contributed by atoms with Crippen molar-refractivity contribution in [1.29, 1.82) is 0 Å². The van der Waals surface area contributed by atoms with Crippen LogP contribution < -0.4 is 10.6 Å². The second kappa shape index (κ2) is 14.8. The lowest BCUT2D eigenvalue weighted by atomic mass is 10.1. The van der Waals surface area contributed by atoms with Gasteiger partial charge in [-0.1, -0.05) is 36.8 Å². The number of alkyl carbamates (subject to hydrolysis) is 1. The molecule has 0 radical (unpaired) electrons. The molecule has 0 bridgehead atoms. The third kappa shape index (κ3) is 11.0. The Kier molecular flexibility index (Phi) is 12.3. The summed E-state index contributed by atoms with van der Waals surface area (Å²) in [5, 5.41) is 5.24. The van der Waals surface area contributed by atoms with Crippen LogP contribution in [0.25, 0.3) is 0 Å². The van der Waals surface area contributed by atoms with E-state index in [1.54, 1.807) is 0 Å². The smallest absolute Gasteiger partial charge is 0.407 e. The number of rotatable bonds is 13. The van der Waals surface area contributed by atoms with Gasteiger partial charge in [0.25, 0.3) is 0 Å². The van der Waals surface area contributed by atoms with Crippen LogP contribution in [0, 0.1) is 0 Å². The van der Waals surface area contributed by atoms with Crippen LogP contribution in [-0.4, -0.2) is 50.7 Å². The summed E-state index contributed by atoms with van der Waals surface area (Å²) in [6.07, 6.45) is 1.86. The minimum absolute atomic E-state index is 0.00257. The molecule has 1 aromatic rings. The van der Waals surface area contributed by atoms with Crippen molar-refractivity contribution in [2.75, 3.05) is 20.8 Å². The fraction of sp³-hybridized carbons (Fsp3) is 0.524. The average Bonchev–Trinajstić information content (AvgIpc) is 2.77. The first-order valence-corrected chi connectivity index (χ1v) is 9.84. The number of carbonyl (C=O) groups excluding carboxylic acids is 4. The Morgan fingerprint density at radius 3 is 2.33 bits per heavy atom. The number of unbranched alkanes of at least 4 members (excludes halogenated alkanes) is 2. The van der Waals surface area contributed by atoms with Gasteiger partial charge in [0.05, 0.1) is 14.2 Å². The number of esters is 2. The quantitative estimate of drug-likeness (QED) is 0.284. The third-order valence-corrected chi connectivity index (χ3v) is 4.25. The number of amides is 2. The van der Waals surface area contributed by atoms with E-state index < -0.39 is 24.1 Å². The van der Waals surface area contributed by atoms with Crippen molar-refractivity contribution in [3.63, 3.8) is 0 Å². The molecule has 30 heavy (non-hydrogen) atoms. The lowest BCUT2D eigenvalue weighted by Crippen LogP contribution is -2.41. The molecule has 2 amide bonds. The van der Waals surface area contributed by atoms with Gasteiger partial charge < -0.3 is 24.8 Å². The Labute approximate surface area is 176 Å². The highest BCUT2D eigenvalue weighted by atomic mass is 16.5. The zero-order valence-electron chi connectivity index (χ0n) is 17.5. The van der Waals surface area contributed by atoms with Crippen LogP contribution in [0.5, 0.6) is 0 Å². The first-order valence-electron chi connectivity index (χ1n) is 9.84. The minimum Gasteiger partial charge on any atom is -0.469 e. The molecule has 0 fully saturated rings. The van der Waals surface area contributed by atoms with Crippen molar-refractivity contribution in [3.8, 4) is 0 Å². The normalized spacial score (nSPS) is 11.1. The van der Waals surface area contributed by atoms with Crippen LogP contribution in [0.2, 0.25) is 0 Å². The molecule has 0 aliphatic rings. The number of benzene rings is 1. The Hall–Kier alpha value is -3.10. The number of ether oxygens (including phenoxy) is 3. The van der Waals surface area contributed by atoms with Crippen LogP contribution in [0.3, 0.4) is 0 Å². The molecule has 1 rings (SSSR count). The maximum atomic E-state index is 12.0. The largest absolute Gasteiger partial charge is 0.469 e. The molecule has 1 aromatic carbocycles. The number of hydrogen-bond donors (Lipinski definition) is 2. The van der Waals surface area contributed by atoms with E-state index in [4.69, 9.17) is 4.74 Å². The molecule has 0 aromatic heterocycles. The van der Waals surface area contributed by atoms with Crippen LogP contribution in [-0.2, 0) is 35.2 Å². The van der Waals surface area contributed by atoms with Crippen LogP contribution >= 0.6 is 0 Å². The van der Waals surface area contributed by atoms with Crippen molar-refractivity contribution in [2.24, 2.45) is 0 Å². The monoisotopic (exact) mass is 422 g/mol. The molecule has 0 spiro atoms. The van der Waals surface area contributed by atoms with Crippen LogP contribution in [0.4, 0.5) is 4.79 Å². The van der Waals surface area contributed by atoms with Gasteiger partial charge in [0.1, 0.15) is 12.6 Å².